The maximum Gasteiger partial charge on any atom is 2.00 e. The number of aliphatic hydroxyl groups excluding tert-OH is 1. The van der Waals surface area contributed by atoms with Crippen LogP contribution in [0.5, 0.6) is 0 Å². The van der Waals surface area contributed by atoms with Crippen molar-refractivity contribution in [1.82, 2.24) is 66.4 Å². The summed E-state index contributed by atoms with van der Waals surface area (Å²) < 4.78 is 112. The third-order valence-electron chi connectivity index (χ3n) is 11.0. The van der Waals surface area contributed by atoms with E-state index in [1.54, 1.807) is 7.05 Å². The molecule has 1 saturated heterocycles. The topological polar surface area (TPSA) is 342 Å². The van der Waals surface area contributed by atoms with Crippen LogP contribution in [-0.4, -0.2) is 172 Å². The molecule has 0 unspecified atom stereocenters. The van der Waals surface area contributed by atoms with E-state index in [0.717, 1.165) is 91.8 Å². The van der Waals surface area contributed by atoms with Gasteiger partial charge in [-0.1, -0.05) is 15.9 Å². The number of aliphatic hydroxyl groups is 1. The number of amides is 2. The molecule has 1 aliphatic heterocycles. The van der Waals surface area contributed by atoms with Gasteiger partial charge in [0, 0.05) is 119 Å². The van der Waals surface area contributed by atoms with Crippen molar-refractivity contribution < 1.29 is 194 Å². The Labute approximate surface area is 625 Å². The first-order valence-corrected chi connectivity index (χ1v) is 24.6. The minimum absolute atomic E-state index is 0. The maximum atomic E-state index is 12.6. The second-order valence-electron chi connectivity index (χ2n) is 16.4. The van der Waals surface area contributed by atoms with Crippen LogP contribution in [0, 0.1) is 7.35 Å². The number of nitrogens with zero attached hydrogens (tertiary/aromatic N) is 13. The Hall–Kier alpha value is -2.45. The van der Waals surface area contributed by atoms with E-state index in [9.17, 15) is 47.5 Å². The predicted molar refractivity (Wildman–Crippen MR) is 300 cm³/mol. The summed E-state index contributed by atoms with van der Waals surface area (Å²) in [5.41, 5.74) is -4.29. The SMILES string of the molecule is C1CCOC1.CON(C)C(=O)CCCCBr.O=CO[O-].[2H]C([2H])([2H])n1cnc2c1c(=O)[nH]c(=O)n2C.[2H]C([2H])([2H])n1cnc2c1c(=O)n(CCCCC(=O)N(C)CO)c(=O)n2C.[2H]C([2H])([2H])n1cnc2c1c(=O)n(CCCCC(C)=O)c(=O)n2C.[2H]CF.[2H][C-]([2H])[2H].[H-].[I-].[K+].[K+].[Mg+2]. The number of rotatable bonds is 17. The van der Waals surface area contributed by atoms with Gasteiger partial charge in [-0.25, -0.2) is 38.5 Å². The van der Waals surface area contributed by atoms with Gasteiger partial charge in [-0.2, -0.15) is 0 Å². The third-order valence-corrected chi connectivity index (χ3v) is 11.5. The summed E-state index contributed by atoms with van der Waals surface area (Å²) >= 11 is 3.30. The number of imidazole rings is 3. The maximum absolute atomic E-state index is 12.6. The molecule has 454 valence electrons. The molecule has 7 rings (SSSR count). The number of carbonyl (C=O) groups excluding carboxylic acids is 4. The molecule has 7 heterocycles. The number of nitrogens with one attached hydrogen (secondary N) is 1. The molecule has 0 bridgehead atoms. The minimum atomic E-state index is -2.59. The number of halogens is 3. The van der Waals surface area contributed by atoms with Crippen molar-refractivity contribution in [3.05, 3.63) is 88.9 Å². The van der Waals surface area contributed by atoms with E-state index >= 15 is 0 Å². The second kappa shape index (κ2) is 48.5. The molecule has 2 N–H and O–H groups in total. The Kier molecular flexibility index (Phi) is 38.0. The number of alkyl halides is 2. The van der Waals surface area contributed by atoms with Crippen molar-refractivity contribution >= 4 is 96.5 Å². The Morgan fingerprint density at radius 1 is 0.807 bits per heavy atom. The summed E-state index contributed by atoms with van der Waals surface area (Å²) in [5.74, 6) is -0.168. The number of hydrogen-bond donors (Lipinski definition) is 2. The zero-order valence-corrected chi connectivity index (χ0v) is 59.3. The number of aromatic nitrogens is 12. The Morgan fingerprint density at radius 3 is 1.57 bits per heavy atom. The molecule has 2 amide bonds. The van der Waals surface area contributed by atoms with Crippen LogP contribution in [0.25, 0.3) is 33.5 Å². The monoisotopic (exact) mass is 1430 g/mol. The van der Waals surface area contributed by atoms with E-state index < -0.39 is 69.2 Å². The zero-order valence-electron chi connectivity index (χ0n) is 61.9. The van der Waals surface area contributed by atoms with E-state index in [1.807, 2.05) is 4.98 Å². The van der Waals surface area contributed by atoms with E-state index in [-0.39, 0.29) is 235 Å². The molecule has 1 aliphatic rings. The summed E-state index contributed by atoms with van der Waals surface area (Å²) in [6.45, 7) is -4.56. The van der Waals surface area contributed by atoms with Gasteiger partial charge in [0.15, 0.2) is 33.5 Å². The van der Waals surface area contributed by atoms with Crippen molar-refractivity contribution in [1.29, 1.82) is 0 Å². The Morgan fingerprint density at radius 2 is 1.20 bits per heavy atom. The van der Waals surface area contributed by atoms with Crippen LogP contribution in [0.4, 0.5) is 4.39 Å². The Balaban J connectivity index is -0.000000266. The molecule has 29 nitrogen and oxygen atoms in total. The van der Waals surface area contributed by atoms with Gasteiger partial charge >= 0.3 is 143 Å². The number of hydroxylamine groups is 2. The van der Waals surface area contributed by atoms with Crippen molar-refractivity contribution in [2.24, 2.45) is 42.1 Å². The summed E-state index contributed by atoms with van der Waals surface area (Å²) in [6.07, 6.45) is 10.5. The van der Waals surface area contributed by atoms with E-state index in [4.69, 9.17) is 42.6 Å². The third kappa shape index (κ3) is 28.5. The van der Waals surface area contributed by atoms with Gasteiger partial charge in [-0.3, -0.25) is 65.8 Å². The molecular weight excluding hydrogens is 1340 g/mol. The van der Waals surface area contributed by atoms with Crippen molar-refractivity contribution in [2.75, 3.05) is 53.6 Å². The van der Waals surface area contributed by atoms with Gasteiger partial charge in [-0.05, 0) is 58.3 Å². The van der Waals surface area contributed by atoms with Gasteiger partial charge in [0.05, 0.1) is 34.6 Å². The normalized spacial score (nSPS) is 13.2. The molecule has 0 saturated carbocycles. The molecule has 0 atom stereocenters. The Bertz CT molecular complexity index is 3670. The van der Waals surface area contributed by atoms with E-state index in [2.05, 4.69) is 35.8 Å². The van der Waals surface area contributed by atoms with Gasteiger partial charge in [0.2, 0.25) is 11.8 Å². The van der Waals surface area contributed by atoms with Crippen LogP contribution in [0.3, 0.4) is 0 Å². The molecule has 35 heteroatoms. The molecule has 83 heavy (non-hydrogen) atoms. The van der Waals surface area contributed by atoms with Crippen LogP contribution < -0.4 is 166 Å². The molecule has 1 fully saturated rings. The standard InChI is InChI=1S/C14H21N5O4.C13H18N4O3.C7H14BrNO2.C7H8N4O2.C4H8O.CH3F.CH2O3.CH3.HI.2K.Mg.H/c1-16-8-15-12-11(16)13(22)19(14(23)18(12)3)7-5-4-6-10(21)17(2)9-20;1-9(18)6-4-5-7-17-12(19)10-11(14-8-15(10)2)16(3)13(17)20;1-9(11-2)7(10)5-3-4-6-8;1-10-3-8-5-4(10)6(12)9-7(13)11(5)2;1-2-4-5-3-1;1-2;2-1-4-3;;;;;;/h8,20H,4-7,9H2,1-3H3;8H,4-7H2,1-3H3;3-6H2,1-2H3;3H,1-2H3,(H,9,12,13);1-4H2;1H3;1,3H;1H3;1H;;;;/q;;;;;;;-1;;2*+1;+2;-1/p-2/i1D3;2D3;;1D3;;1D;;1D3;;;;;. The molecule has 0 radical (unpaired) electrons. The first-order chi connectivity index (χ1) is 42.8. The number of carbonyl (C=O) groups is 4. The molecule has 6 aromatic heterocycles. The van der Waals surface area contributed by atoms with Gasteiger partial charge in [-0.15, -0.1) is 0 Å². The smallest absolute Gasteiger partial charge is 1.00 e. The number of H-pyrrole nitrogens is 1. The van der Waals surface area contributed by atoms with Gasteiger partial charge in [0.1, 0.15) is 12.5 Å². The van der Waals surface area contributed by atoms with Crippen molar-refractivity contribution in [2.45, 2.75) is 90.6 Å². The summed E-state index contributed by atoms with van der Waals surface area (Å²) in [4.78, 5) is 137. The molecule has 6 aromatic rings. The van der Waals surface area contributed by atoms with Crippen LogP contribution in [0.2, 0.25) is 0 Å². The van der Waals surface area contributed by atoms with Gasteiger partial charge in [0.25, 0.3) is 23.2 Å². The quantitative estimate of drug-likeness (QED) is 0.00986. The fourth-order valence-electron chi connectivity index (χ4n) is 6.67. The number of ketones is 1. The van der Waals surface area contributed by atoms with Crippen LogP contribution in [-0.2, 0) is 88.8 Å². The zero-order chi connectivity index (χ0) is 71.0. The first kappa shape index (κ1) is 65.0. The molecule has 0 spiro atoms. The summed E-state index contributed by atoms with van der Waals surface area (Å²) in [7, 11) is 6.99. The number of aromatic amines is 1. The van der Waals surface area contributed by atoms with Crippen LogP contribution in [0.1, 0.15) is 96.8 Å². The first-order valence-electron chi connectivity index (χ1n) is 30.2. The molecular formula is C48H77BrFIK2MgN14O15. The fraction of sp³-hybridized carbons (Fsp3) is 0.583. The van der Waals surface area contributed by atoms with E-state index in [1.165, 1.54) is 60.1 Å². The number of unbranched alkanes of at least 4 members (excludes halogenated alkanes) is 3. The number of aryl methyl sites for hydroxylation is 6. The van der Waals surface area contributed by atoms with Gasteiger partial charge < -0.3 is 76.1 Å². The average molecular weight is 1430 g/mol. The predicted octanol–water partition coefficient (Wildman–Crippen LogP) is -9.25. The minimum Gasteiger partial charge on any atom is -1.00 e. The van der Waals surface area contributed by atoms with Crippen molar-refractivity contribution in [3.63, 3.8) is 0 Å². The fourth-order valence-corrected chi connectivity index (χ4v) is 7.06. The van der Waals surface area contributed by atoms with Crippen molar-refractivity contribution in [3.8, 4) is 0 Å². The number of Topliss-reactive ketones (excluding diaryl/α,β-unsaturated/α-hetero) is 1. The summed E-state index contributed by atoms with van der Waals surface area (Å²) in [5, 5.41) is 19.5. The number of fused-ring (bicyclic) bond motifs is 3. The van der Waals surface area contributed by atoms with Crippen LogP contribution in [0.15, 0.2) is 47.7 Å². The number of ether oxygens (including phenoxy) is 1. The molecule has 0 aromatic carbocycles. The van der Waals surface area contributed by atoms with E-state index in [0.29, 0.717) is 38.5 Å². The van der Waals surface area contributed by atoms with Crippen LogP contribution >= 0.6 is 15.9 Å². The largest absolute Gasteiger partial charge is 2.00 e. The second-order valence-corrected chi connectivity index (χ2v) is 17.1. The number of hydrogen-bond acceptors (Lipinski definition) is 18. The average Bonchev–Trinajstić information content (AvgIpc) is 1.68. The summed E-state index contributed by atoms with van der Waals surface area (Å²) in [6, 6.07) is 0. The molecule has 0 aliphatic carbocycles.